The van der Waals surface area contributed by atoms with Gasteiger partial charge >= 0.3 is 0 Å². The van der Waals surface area contributed by atoms with Crippen molar-refractivity contribution in [2.75, 3.05) is 19.5 Å². The molecule has 0 aliphatic rings. The van der Waals surface area contributed by atoms with Gasteiger partial charge in [0.25, 0.3) is 5.91 Å². The molecule has 2 aromatic heterocycles. The third-order valence-electron chi connectivity index (χ3n) is 3.37. The molecule has 3 aromatic rings. The van der Waals surface area contributed by atoms with Gasteiger partial charge in [-0.1, -0.05) is 5.16 Å². The third kappa shape index (κ3) is 3.07. The van der Waals surface area contributed by atoms with E-state index in [4.69, 9.17) is 14.0 Å². The molecule has 8 heteroatoms. The van der Waals surface area contributed by atoms with E-state index in [-0.39, 0.29) is 5.69 Å². The van der Waals surface area contributed by atoms with Crippen molar-refractivity contribution >= 4 is 11.7 Å². The van der Waals surface area contributed by atoms with E-state index >= 15 is 0 Å². The first-order chi connectivity index (χ1) is 11.6. The molecular formula is C16H16N4O4. The zero-order valence-corrected chi connectivity index (χ0v) is 13.4. The maximum Gasteiger partial charge on any atom is 0.279 e. The summed E-state index contributed by atoms with van der Waals surface area (Å²) in [5, 5.41) is 10.5. The van der Waals surface area contributed by atoms with Crippen LogP contribution in [0.25, 0.3) is 11.3 Å². The molecule has 0 fully saturated rings. The third-order valence-corrected chi connectivity index (χ3v) is 3.37. The summed E-state index contributed by atoms with van der Waals surface area (Å²) < 4.78 is 17.4. The fraction of sp³-hybridized carbons (Fsp3) is 0.188. The summed E-state index contributed by atoms with van der Waals surface area (Å²) in [6, 6.07) is 8.50. The maximum absolute atomic E-state index is 12.2. The molecule has 3 rings (SSSR count). The van der Waals surface area contributed by atoms with E-state index in [1.807, 2.05) is 0 Å². The smallest absolute Gasteiger partial charge is 0.279 e. The normalized spacial score (nSPS) is 10.5. The van der Waals surface area contributed by atoms with Gasteiger partial charge in [-0.3, -0.25) is 9.48 Å². The molecule has 24 heavy (non-hydrogen) atoms. The average Bonchev–Trinajstić information content (AvgIpc) is 3.23. The molecule has 0 bridgehead atoms. The molecule has 1 aromatic carbocycles. The van der Waals surface area contributed by atoms with E-state index < -0.39 is 5.91 Å². The second-order valence-corrected chi connectivity index (χ2v) is 4.97. The molecule has 0 unspecified atom stereocenters. The monoisotopic (exact) mass is 328 g/mol. The van der Waals surface area contributed by atoms with E-state index in [2.05, 4.69) is 15.6 Å². The zero-order chi connectivity index (χ0) is 17.1. The van der Waals surface area contributed by atoms with Gasteiger partial charge in [0.05, 0.1) is 19.8 Å². The quantitative estimate of drug-likeness (QED) is 0.773. The van der Waals surface area contributed by atoms with E-state index in [1.165, 1.54) is 6.07 Å². The van der Waals surface area contributed by atoms with Gasteiger partial charge in [-0.05, 0) is 18.2 Å². The molecule has 1 amide bonds. The van der Waals surface area contributed by atoms with Crippen molar-refractivity contribution in [3.8, 4) is 22.8 Å². The minimum atomic E-state index is -0.412. The van der Waals surface area contributed by atoms with Crippen LogP contribution in [0, 0.1) is 0 Å². The molecule has 0 spiro atoms. The van der Waals surface area contributed by atoms with E-state index in [9.17, 15) is 4.79 Å². The number of carbonyl (C=O) groups is 1. The van der Waals surface area contributed by atoms with Crippen molar-refractivity contribution in [2.24, 2.45) is 7.05 Å². The Kier molecular flexibility index (Phi) is 4.19. The fourth-order valence-corrected chi connectivity index (χ4v) is 2.18. The van der Waals surface area contributed by atoms with Crippen LogP contribution >= 0.6 is 0 Å². The molecule has 124 valence electrons. The molecule has 0 radical (unpaired) electrons. The largest absolute Gasteiger partial charge is 0.497 e. The molecule has 0 saturated carbocycles. The van der Waals surface area contributed by atoms with Crippen molar-refractivity contribution < 1.29 is 18.8 Å². The molecule has 2 heterocycles. The van der Waals surface area contributed by atoms with Gasteiger partial charge in [-0.2, -0.15) is 5.10 Å². The van der Waals surface area contributed by atoms with Crippen LogP contribution in [0.1, 0.15) is 10.5 Å². The van der Waals surface area contributed by atoms with Crippen LogP contribution in [0.15, 0.2) is 41.1 Å². The van der Waals surface area contributed by atoms with Crippen LogP contribution < -0.4 is 14.8 Å². The Morgan fingerprint density at radius 3 is 2.71 bits per heavy atom. The first-order valence-corrected chi connectivity index (χ1v) is 7.11. The lowest BCUT2D eigenvalue weighted by molar-refractivity contribution is 0.101. The average molecular weight is 328 g/mol. The van der Waals surface area contributed by atoms with E-state index in [0.717, 1.165) is 0 Å². The lowest BCUT2D eigenvalue weighted by Gasteiger charge is -2.07. The Bertz CT molecular complexity index is 869. The Hall–Kier alpha value is -3.29. The summed E-state index contributed by atoms with van der Waals surface area (Å²) in [6.45, 7) is 0. The van der Waals surface area contributed by atoms with E-state index in [0.29, 0.717) is 28.6 Å². The predicted octanol–water partition coefficient (Wildman–Crippen LogP) is 2.34. The molecule has 0 aliphatic heterocycles. The van der Waals surface area contributed by atoms with Crippen LogP contribution in [0.3, 0.4) is 0 Å². The minimum Gasteiger partial charge on any atom is -0.497 e. The number of hydrogen-bond donors (Lipinski definition) is 1. The van der Waals surface area contributed by atoms with Gasteiger partial charge < -0.3 is 19.3 Å². The molecule has 8 nitrogen and oxygen atoms in total. The number of methoxy groups -OCH3 is 2. The van der Waals surface area contributed by atoms with Crippen LogP contribution in [0.4, 0.5) is 5.82 Å². The summed E-state index contributed by atoms with van der Waals surface area (Å²) in [5.41, 5.74) is 0.779. The fourth-order valence-electron chi connectivity index (χ4n) is 2.18. The van der Waals surface area contributed by atoms with Crippen LogP contribution in [-0.4, -0.2) is 35.1 Å². The minimum absolute atomic E-state index is 0.139. The second kappa shape index (κ2) is 6.45. The Morgan fingerprint density at radius 1 is 1.21 bits per heavy atom. The Labute approximate surface area is 138 Å². The molecular weight excluding hydrogens is 312 g/mol. The van der Waals surface area contributed by atoms with Crippen molar-refractivity contribution in [1.29, 1.82) is 0 Å². The van der Waals surface area contributed by atoms with Gasteiger partial charge in [0.2, 0.25) is 0 Å². The van der Waals surface area contributed by atoms with Gasteiger partial charge in [0, 0.05) is 25.4 Å². The van der Waals surface area contributed by atoms with Gasteiger partial charge in [0.15, 0.2) is 17.3 Å². The number of hydrogen-bond acceptors (Lipinski definition) is 6. The molecule has 0 aliphatic carbocycles. The first-order valence-electron chi connectivity index (χ1n) is 7.11. The number of nitrogens with zero attached hydrogens (tertiary/aromatic N) is 3. The molecule has 1 N–H and O–H groups in total. The molecule has 0 saturated heterocycles. The number of aromatic nitrogens is 3. The SMILES string of the molecule is COc1ccc(OC)c(-c2cc(C(=O)Nc3ccn(C)n3)no2)c1. The summed E-state index contributed by atoms with van der Waals surface area (Å²) in [4.78, 5) is 12.2. The Balaban J connectivity index is 1.86. The topological polar surface area (TPSA) is 91.4 Å². The molecule has 0 atom stereocenters. The van der Waals surface area contributed by atoms with E-state index in [1.54, 1.807) is 56.4 Å². The Morgan fingerprint density at radius 2 is 2.04 bits per heavy atom. The maximum atomic E-state index is 12.2. The number of carbonyl (C=O) groups excluding carboxylic acids is 1. The van der Waals surface area contributed by atoms with Crippen molar-refractivity contribution in [2.45, 2.75) is 0 Å². The summed E-state index contributed by atoms with van der Waals surface area (Å²) >= 11 is 0. The summed E-state index contributed by atoms with van der Waals surface area (Å²) in [6.07, 6.45) is 1.73. The second-order valence-electron chi connectivity index (χ2n) is 4.97. The van der Waals surface area contributed by atoms with Crippen LogP contribution in [-0.2, 0) is 7.05 Å². The van der Waals surface area contributed by atoms with Crippen LogP contribution in [0.5, 0.6) is 11.5 Å². The lowest BCUT2D eigenvalue weighted by Crippen LogP contribution is -2.12. The van der Waals surface area contributed by atoms with Gasteiger partial charge in [-0.15, -0.1) is 0 Å². The highest BCUT2D eigenvalue weighted by Gasteiger charge is 2.17. The summed E-state index contributed by atoms with van der Waals surface area (Å²) in [7, 11) is 4.88. The van der Waals surface area contributed by atoms with Gasteiger partial charge in [-0.25, -0.2) is 0 Å². The highest BCUT2D eigenvalue weighted by Crippen LogP contribution is 2.33. The predicted molar refractivity (Wildman–Crippen MR) is 86.2 cm³/mol. The first kappa shape index (κ1) is 15.6. The van der Waals surface area contributed by atoms with Crippen molar-refractivity contribution in [3.63, 3.8) is 0 Å². The standard InChI is InChI=1S/C16H16N4O4/c1-20-7-6-15(18-20)17-16(21)12-9-14(24-19-12)11-8-10(22-2)4-5-13(11)23-3/h4-9H,1-3H3,(H,17,18,21). The highest BCUT2D eigenvalue weighted by molar-refractivity contribution is 6.02. The number of aryl methyl sites for hydroxylation is 1. The van der Waals surface area contributed by atoms with Crippen LogP contribution in [0.2, 0.25) is 0 Å². The van der Waals surface area contributed by atoms with Crippen molar-refractivity contribution in [1.82, 2.24) is 14.9 Å². The number of ether oxygens (including phenoxy) is 2. The lowest BCUT2D eigenvalue weighted by atomic mass is 10.1. The number of amides is 1. The number of nitrogens with one attached hydrogen (secondary N) is 1. The zero-order valence-electron chi connectivity index (χ0n) is 13.4. The van der Waals surface area contributed by atoms with Gasteiger partial charge in [0.1, 0.15) is 11.5 Å². The number of rotatable bonds is 5. The highest BCUT2D eigenvalue weighted by atomic mass is 16.5. The number of benzene rings is 1. The van der Waals surface area contributed by atoms with Crippen molar-refractivity contribution in [3.05, 3.63) is 42.2 Å². The summed E-state index contributed by atoms with van der Waals surface area (Å²) in [5.74, 6) is 1.65. The number of anilines is 1.